The van der Waals surface area contributed by atoms with E-state index in [4.69, 9.17) is 15.6 Å². The standard InChI is InChI=1S/C13H9FN2O4/c14-7-3-4-8(13(18)19)10(6-7)20-12-9(11(15)17)2-1-5-16-12/h1-6H,(H2,15,17)(H,18,19). The van der Waals surface area contributed by atoms with Crippen LogP contribution >= 0.6 is 0 Å². The molecule has 2 rings (SSSR count). The molecule has 1 heterocycles. The van der Waals surface area contributed by atoms with E-state index in [1.54, 1.807) is 0 Å². The molecule has 0 unspecified atom stereocenters. The van der Waals surface area contributed by atoms with Gasteiger partial charge >= 0.3 is 5.97 Å². The summed E-state index contributed by atoms with van der Waals surface area (Å²) in [4.78, 5) is 26.0. The Kier molecular flexibility index (Phi) is 3.60. The molecule has 0 aliphatic carbocycles. The first kappa shape index (κ1) is 13.5. The van der Waals surface area contributed by atoms with Gasteiger partial charge in [-0.25, -0.2) is 14.2 Å². The molecule has 102 valence electrons. The second kappa shape index (κ2) is 5.35. The number of aromatic carboxylic acids is 1. The summed E-state index contributed by atoms with van der Waals surface area (Å²) >= 11 is 0. The Labute approximate surface area is 112 Å². The van der Waals surface area contributed by atoms with Crippen LogP contribution in [0, 0.1) is 5.82 Å². The number of hydrogen-bond donors (Lipinski definition) is 2. The van der Waals surface area contributed by atoms with Crippen LogP contribution in [0.15, 0.2) is 36.5 Å². The Balaban J connectivity index is 2.47. The van der Waals surface area contributed by atoms with Crippen LogP contribution in [0.4, 0.5) is 4.39 Å². The Morgan fingerprint density at radius 2 is 2.00 bits per heavy atom. The molecule has 0 spiro atoms. The van der Waals surface area contributed by atoms with Gasteiger partial charge in [0.15, 0.2) is 0 Å². The van der Waals surface area contributed by atoms with Crippen LogP contribution in [0.25, 0.3) is 0 Å². The molecule has 7 heteroatoms. The quantitative estimate of drug-likeness (QED) is 0.886. The summed E-state index contributed by atoms with van der Waals surface area (Å²) in [5.74, 6) is -3.22. The van der Waals surface area contributed by atoms with Crippen molar-refractivity contribution in [3.8, 4) is 11.6 Å². The summed E-state index contributed by atoms with van der Waals surface area (Å²) in [6.45, 7) is 0. The number of ether oxygens (including phenoxy) is 1. The monoisotopic (exact) mass is 276 g/mol. The van der Waals surface area contributed by atoms with Crippen LogP contribution in [0.1, 0.15) is 20.7 Å². The molecule has 0 aliphatic rings. The van der Waals surface area contributed by atoms with Crippen molar-refractivity contribution < 1.29 is 23.8 Å². The molecule has 0 aliphatic heterocycles. The van der Waals surface area contributed by atoms with Gasteiger partial charge in [-0.1, -0.05) is 0 Å². The highest BCUT2D eigenvalue weighted by Crippen LogP contribution is 2.27. The Hall–Kier alpha value is -2.96. The average molecular weight is 276 g/mol. The molecule has 3 N–H and O–H groups in total. The summed E-state index contributed by atoms with van der Waals surface area (Å²) in [6, 6.07) is 5.77. The van der Waals surface area contributed by atoms with E-state index in [1.165, 1.54) is 18.3 Å². The van der Waals surface area contributed by atoms with Gasteiger partial charge in [-0.2, -0.15) is 0 Å². The van der Waals surface area contributed by atoms with Crippen LogP contribution in [-0.2, 0) is 0 Å². The molecule has 0 radical (unpaired) electrons. The number of hydrogen-bond acceptors (Lipinski definition) is 4. The Morgan fingerprint density at radius 3 is 2.65 bits per heavy atom. The fourth-order valence-corrected chi connectivity index (χ4v) is 1.52. The lowest BCUT2D eigenvalue weighted by molar-refractivity contribution is 0.0694. The minimum absolute atomic E-state index is 0.0342. The predicted octanol–water partition coefficient (Wildman–Crippen LogP) is 1.81. The number of primary amides is 1. The fraction of sp³-hybridized carbons (Fsp3) is 0. The summed E-state index contributed by atoms with van der Waals surface area (Å²) in [6.07, 6.45) is 1.33. The van der Waals surface area contributed by atoms with Gasteiger partial charge in [0.1, 0.15) is 22.7 Å². The van der Waals surface area contributed by atoms with Gasteiger partial charge in [-0.05, 0) is 24.3 Å². The third-order valence-corrected chi connectivity index (χ3v) is 2.42. The number of pyridine rings is 1. The van der Waals surface area contributed by atoms with E-state index in [0.717, 1.165) is 18.2 Å². The van der Waals surface area contributed by atoms with Gasteiger partial charge in [-0.3, -0.25) is 4.79 Å². The molecule has 0 atom stereocenters. The molecule has 0 saturated heterocycles. The third kappa shape index (κ3) is 2.72. The summed E-state index contributed by atoms with van der Waals surface area (Å²) in [7, 11) is 0. The number of aromatic nitrogens is 1. The third-order valence-electron chi connectivity index (χ3n) is 2.42. The number of carboxylic acid groups (broad SMARTS) is 1. The Bertz CT molecular complexity index is 688. The van der Waals surface area contributed by atoms with Gasteiger partial charge in [0.25, 0.3) is 5.91 Å². The van der Waals surface area contributed by atoms with Crippen molar-refractivity contribution in [3.05, 3.63) is 53.5 Å². The average Bonchev–Trinajstić information content (AvgIpc) is 2.38. The molecular formula is C13H9FN2O4. The van der Waals surface area contributed by atoms with E-state index < -0.39 is 17.7 Å². The lowest BCUT2D eigenvalue weighted by atomic mass is 10.2. The maximum atomic E-state index is 13.2. The largest absolute Gasteiger partial charge is 0.478 e. The second-order valence-electron chi connectivity index (χ2n) is 3.77. The fourth-order valence-electron chi connectivity index (χ4n) is 1.52. The molecule has 1 aromatic carbocycles. The minimum atomic E-state index is -1.29. The highest BCUT2D eigenvalue weighted by molar-refractivity contribution is 5.95. The number of carbonyl (C=O) groups excluding carboxylic acids is 1. The zero-order valence-corrected chi connectivity index (χ0v) is 10.0. The van der Waals surface area contributed by atoms with Crippen LogP contribution in [0.5, 0.6) is 11.6 Å². The molecule has 0 bridgehead atoms. The maximum absolute atomic E-state index is 13.2. The van der Waals surface area contributed by atoms with Crippen LogP contribution in [0.3, 0.4) is 0 Å². The van der Waals surface area contributed by atoms with E-state index in [2.05, 4.69) is 4.98 Å². The lowest BCUT2D eigenvalue weighted by Gasteiger charge is -2.10. The van der Waals surface area contributed by atoms with Crippen molar-refractivity contribution in [2.45, 2.75) is 0 Å². The van der Waals surface area contributed by atoms with Gasteiger partial charge in [0, 0.05) is 12.3 Å². The first-order valence-electron chi connectivity index (χ1n) is 5.44. The van der Waals surface area contributed by atoms with Gasteiger partial charge in [-0.15, -0.1) is 0 Å². The number of carboxylic acids is 1. The van der Waals surface area contributed by atoms with Crippen molar-refractivity contribution in [1.29, 1.82) is 0 Å². The van der Waals surface area contributed by atoms with Gasteiger partial charge in [0.05, 0.1) is 0 Å². The summed E-state index contributed by atoms with van der Waals surface area (Å²) < 4.78 is 18.4. The Morgan fingerprint density at radius 1 is 1.25 bits per heavy atom. The first-order valence-corrected chi connectivity index (χ1v) is 5.44. The highest BCUT2D eigenvalue weighted by atomic mass is 19.1. The number of halogens is 1. The van der Waals surface area contributed by atoms with Crippen molar-refractivity contribution in [1.82, 2.24) is 4.98 Å². The van der Waals surface area contributed by atoms with Crippen LogP contribution in [-0.4, -0.2) is 22.0 Å². The van der Waals surface area contributed by atoms with Crippen molar-refractivity contribution in [2.75, 3.05) is 0 Å². The SMILES string of the molecule is NC(=O)c1cccnc1Oc1cc(F)ccc1C(=O)O. The zero-order valence-electron chi connectivity index (χ0n) is 10.0. The molecule has 1 aromatic heterocycles. The van der Waals surface area contributed by atoms with Crippen molar-refractivity contribution in [3.63, 3.8) is 0 Å². The molecule has 0 fully saturated rings. The molecule has 6 nitrogen and oxygen atoms in total. The molecule has 1 amide bonds. The summed E-state index contributed by atoms with van der Waals surface area (Å²) in [5.41, 5.74) is 4.86. The smallest absolute Gasteiger partial charge is 0.339 e. The minimum Gasteiger partial charge on any atom is -0.478 e. The lowest BCUT2D eigenvalue weighted by Crippen LogP contribution is -2.13. The number of benzene rings is 1. The van der Waals surface area contributed by atoms with E-state index in [0.29, 0.717) is 0 Å². The molecule has 0 saturated carbocycles. The topological polar surface area (TPSA) is 103 Å². The molecule has 20 heavy (non-hydrogen) atoms. The summed E-state index contributed by atoms with van der Waals surface area (Å²) in [5, 5.41) is 9.00. The number of carbonyl (C=O) groups is 2. The predicted molar refractivity (Wildman–Crippen MR) is 66.2 cm³/mol. The van der Waals surface area contributed by atoms with Crippen LogP contribution < -0.4 is 10.5 Å². The van der Waals surface area contributed by atoms with Crippen molar-refractivity contribution >= 4 is 11.9 Å². The highest BCUT2D eigenvalue weighted by Gasteiger charge is 2.17. The normalized spacial score (nSPS) is 10.1. The van der Waals surface area contributed by atoms with Gasteiger partial charge in [0.2, 0.25) is 5.88 Å². The van der Waals surface area contributed by atoms with E-state index in [-0.39, 0.29) is 22.8 Å². The second-order valence-corrected chi connectivity index (χ2v) is 3.77. The first-order chi connectivity index (χ1) is 9.49. The number of nitrogens with zero attached hydrogens (tertiary/aromatic N) is 1. The number of rotatable bonds is 4. The van der Waals surface area contributed by atoms with Crippen molar-refractivity contribution in [2.24, 2.45) is 5.73 Å². The molecular weight excluding hydrogens is 267 g/mol. The zero-order chi connectivity index (χ0) is 14.7. The maximum Gasteiger partial charge on any atom is 0.339 e. The molecule has 2 aromatic rings. The number of nitrogens with two attached hydrogens (primary N) is 1. The number of amides is 1. The van der Waals surface area contributed by atoms with E-state index in [9.17, 15) is 14.0 Å². The van der Waals surface area contributed by atoms with Crippen LogP contribution in [0.2, 0.25) is 0 Å². The van der Waals surface area contributed by atoms with Gasteiger partial charge < -0.3 is 15.6 Å². The van der Waals surface area contributed by atoms with E-state index >= 15 is 0 Å². The van der Waals surface area contributed by atoms with E-state index in [1.807, 2.05) is 0 Å².